The molecule has 2 aromatic carbocycles. The number of hydrogen-bond acceptors (Lipinski definition) is 5. The Balaban J connectivity index is 1.84. The first-order valence-corrected chi connectivity index (χ1v) is 9.32. The van der Waals surface area contributed by atoms with Crippen molar-refractivity contribution in [3.05, 3.63) is 63.9 Å². The largest absolute Gasteiger partial charge is 0.275 e. The molecule has 0 saturated carbocycles. The molecule has 0 fully saturated rings. The normalized spacial score (nSPS) is 13.8. The first-order valence-electron chi connectivity index (χ1n) is 9.32. The van der Waals surface area contributed by atoms with Gasteiger partial charge in [0.05, 0.1) is 17.5 Å². The van der Waals surface area contributed by atoms with Crippen LogP contribution in [0.1, 0.15) is 24.5 Å². The van der Waals surface area contributed by atoms with Crippen molar-refractivity contribution in [3.63, 3.8) is 0 Å². The summed E-state index contributed by atoms with van der Waals surface area (Å²) in [4.78, 5) is 37.5. The van der Waals surface area contributed by atoms with Gasteiger partial charge in [-0.15, -0.1) is 0 Å². The monoisotopic (exact) mass is 388 g/mol. The number of hydrazone groups is 1. The second-order valence-corrected chi connectivity index (χ2v) is 7.27. The van der Waals surface area contributed by atoms with Crippen molar-refractivity contribution in [2.75, 3.05) is 0 Å². The molecule has 1 aromatic heterocycles. The van der Waals surface area contributed by atoms with E-state index in [1.165, 1.54) is 0 Å². The topological polar surface area (TPSA) is 84.6 Å². The average molecular weight is 388 g/mol. The van der Waals surface area contributed by atoms with Crippen LogP contribution in [-0.2, 0) is 16.1 Å². The highest BCUT2D eigenvalue weighted by atomic mass is 16.2. The summed E-state index contributed by atoms with van der Waals surface area (Å²) in [5.74, 6) is -0.974. The summed E-state index contributed by atoms with van der Waals surface area (Å²) < 4.78 is 1.12. The molecule has 0 bridgehead atoms. The smallest absolute Gasteiger partial charge is 0.272 e. The molecule has 7 nitrogen and oxygen atoms in total. The molecular weight excluding hydrogens is 368 g/mol. The zero-order chi connectivity index (χ0) is 20.7. The van der Waals surface area contributed by atoms with E-state index in [4.69, 9.17) is 0 Å². The number of fused-ring (bicyclic) bond motifs is 1. The first kappa shape index (κ1) is 18.7. The lowest BCUT2D eigenvalue weighted by molar-refractivity contribution is -0.143. The first-order chi connectivity index (χ1) is 13.8. The molecule has 146 valence electrons. The van der Waals surface area contributed by atoms with Crippen LogP contribution >= 0.6 is 0 Å². The van der Waals surface area contributed by atoms with Gasteiger partial charge in [0, 0.05) is 16.7 Å². The molecule has 3 aromatic rings. The zero-order valence-electron chi connectivity index (χ0n) is 16.5. The Hall–Kier alpha value is -3.61. The molecule has 0 atom stereocenters. The van der Waals surface area contributed by atoms with Crippen LogP contribution in [-0.4, -0.2) is 32.3 Å². The molecule has 2 heterocycles. The Morgan fingerprint density at radius 2 is 1.72 bits per heavy atom. The van der Waals surface area contributed by atoms with E-state index >= 15 is 0 Å². The van der Waals surface area contributed by atoms with Crippen LogP contribution in [0.15, 0.2) is 52.4 Å². The predicted octanol–water partition coefficient (Wildman–Crippen LogP) is 2.82. The molecular formula is C22H20N4O3. The highest BCUT2D eigenvalue weighted by Crippen LogP contribution is 2.26. The Morgan fingerprint density at radius 1 is 1.00 bits per heavy atom. The fraction of sp³-hybridized carbons (Fsp3) is 0.227. The highest BCUT2D eigenvalue weighted by Gasteiger charge is 2.28. The molecule has 0 N–H and O–H groups in total. The van der Waals surface area contributed by atoms with Crippen molar-refractivity contribution in [2.45, 2.75) is 33.7 Å². The Kier molecular flexibility index (Phi) is 4.58. The predicted molar refractivity (Wildman–Crippen MR) is 110 cm³/mol. The molecule has 7 heteroatoms. The number of benzene rings is 2. The molecule has 0 radical (unpaired) electrons. The summed E-state index contributed by atoms with van der Waals surface area (Å²) in [6, 6.07) is 13.2. The summed E-state index contributed by atoms with van der Waals surface area (Å²) in [5, 5.41) is 10.5. The number of hydrogen-bond donors (Lipinski definition) is 0. The van der Waals surface area contributed by atoms with Crippen molar-refractivity contribution >= 4 is 28.3 Å². The SMILES string of the molecule is CC1=NN(C(=O)Cn2nc(-c3ccc(C)c(C)c3)c3ccccc3c2=O)C(=O)C1. The van der Waals surface area contributed by atoms with Gasteiger partial charge in [-0.25, -0.2) is 4.68 Å². The maximum atomic E-state index is 12.9. The molecule has 0 unspecified atom stereocenters. The van der Waals surface area contributed by atoms with Crippen LogP contribution in [0.2, 0.25) is 0 Å². The number of carbonyl (C=O) groups excluding carboxylic acids is 2. The summed E-state index contributed by atoms with van der Waals surface area (Å²) in [6.45, 7) is 5.37. The molecule has 0 spiro atoms. The van der Waals surface area contributed by atoms with Gasteiger partial charge in [0.1, 0.15) is 6.54 Å². The fourth-order valence-corrected chi connectivity index (χ4v) is 3.39. The lowest BCUT2D eigenvalue weighted by Crippen LogP contribution is -2.36. The van der Waals surface area contributed by atoms with Gasteiger partial charge in [-0.2, -0.15) is 15.2 Å². The second kappa shape index (κ2) is 7.09. The van der Waals surface area contributed by atoms with E-state index < -0.39 is 11.8 Å². The fourth-order valence-electron chi connectivity index (χ4n) is 3.39. The van der Waals surface area contributed by atoms with E-state index in [0.29, 0.717) is 16.8 Å². The number of aromatic nitrogens is 2. The molecule has 29 heavy (non-hydrogen) atoms. The summed E-state index contributed by atoms with van der Waals surface area (Å²) in [6.07, 6.45) is 0.111. The van der Waals surface area contributed by atoms with Crippen LogP contribution in [0.5, 0.6) is 0 Å². The van der Waals surface area contributed by atoms with Crippen LogP contribution in [0.25, 0.3) is 22.0 Å². The standard InChI is InChI=1S/C22H20N4O3/c1-13-8-9-16(10-14(13)2)21-17-6-4-5-7-18(17)22(29)25(24-21)12-20(28)26-19(27)11-15(3)23-26/h4-10H,11-12H2,1-3H3. The molecule has 2 amide bonds. The molecule has 1 aliphatic rings. The van der Waals surface area contributed by atoms with Gasteiger partial charge in [-0.3, -0.25) is 14.4 Å². The number of rotatable bonds is 3. The van der Waals surface area contributed by atoms with Crippen LogP contribution in [0.3, 0.4) is 0 Å². The van der Waals surface area contributed by atoms with Gasteiger partial charge in [0.15, 0.2) is 0 Å². The van der Waals surface area contributed by atoms with E-state index in [1.54, 1.807) is 19.1 Å². The van der Waals surface area contributed by atoms with Crippen molar-refractivity contribution < 1.29 is 9.59 Å². The minimum atomic E-state index is -0.581. The molecule has 0 aliphatic carbocycles. The summed E-state index contributed by atoms with van der Waals surface area (Å²) >= 11 is 0. The lowest BCUT2D eigenvalue weighted by atomic mass is 10.0. The third-order valence-corrected chi connectivity index (χ3v) is 5.08. The minimum absolute atomic E-state index is 0.111. The lowest BCUT2D eigenvalue weighted by Gasteiger charge is -2.14. The maximum Gasteiger partial charge on any atom is 0.275 e. The van der Waals surface area contributed by atoms with E-state index in [2.05, 4.69) is 10.2 Å². The van der Waals surface area contributed by atoms with Gasteiger partial charge in [-0.1, -0.05) is 30.3 Å². The number of nitrogens with zero attached hydrogens (tertiary/aromatic N) is 4. The van der Waals surface area contributed by atoms with Gasteiger partial charge in [0.25, 0.3) is 17.4 Å². The number of aryl methyl sites for hydroxylation is 2. The number of imide groups is 1. The molecule has 4 rings (SSSR count). The second-order valence-electron chi connectivity index (χ2n) is 7.27. The van der Waals surface area contributed by atoms with E-state index in [1.807, 2.05) is 44.2 Å². The van der Waals surface area contributed by atoms with Gasteiger partial charge in [0.2, 0.25) is 0 Å². The van der Waals surface area contributed by atoms with Crippen LogP contribution < -0.4 is 5.56 Å². The van der Waals surface area contributed by atoms with Gasteiger partial charge >= 0.3 is 0 Å². The Labute approximate surface area is 167 Å². The molecule has 0 saturated heterocycles. The van der Waals surface area contributed by atoms with Crippen molar-refractivity contribution in [1.29, 1.82) is 0 Å². The third-order valence-electron chi connectivity index (χ3n) is 5.08. The number of carbonyl (C=O) groups is 2. The zero-order valence-corrected chi connectivity index (χ0v) is 16.5. The summed E-state index contributed by atoms with van der Waals surface area (Å²) in [7, 11) is 0. The van der Waals surface area contributed by atoms with Gasteiger partial charge in [-0.05, 0) is 44.0 Å². The van der Waals surface area contributed by atoms with Crippen molar-refractivity contribution in [3.8, 4) is 11.3 Å². The van der Waals surface area contributed by atoms with Crippen LogP contribution in [0.4, 0.5) is 0 Å². The average Bonchev–Trinajstić information content (AvgIpc) is 3.04. The maximum absolute atomic E-state index is 12.9. The molecule has 1 aliphatic heterocycles. The van der Waals surface area contributed by atoms with E-state index in [9.17, 15) is 14.4 Å². The van der Waals surface area contributed by atoms with Gasteiger partial charge < -0.3 is 0 Å². The van der Waals surface area contributed by atoms with Crippen LogP contribution in [0, 0.1) is 13.8 Å². The Morgan fingerprint density at radius 3 is 2.38 bits per heavy atom. The summed E-state index contributed by atoms with van der Waals surface area (Å²) in [5.41, 5.74) is 3.92. The number of amides is 2. The quantitative estimate of drug-likeness (QED) is 0.691. The highest BCUT2D eigenvalue weighted by molar-refractivity contribution is 6.10. The van der Waals surface area contributed by atoms with Crippen molar-refractivity contribution in [1.82, 2.24) is 14.8 Å². The minimum Gasteiger partial charge on any atom is -0.272 e. The third kappa shape index (κ3) is 3.35. The Bertz CT molecular complexity index is 1260. The van der Waals surface area contributed by atoms with E-state index in [-0.39, 0.29) is 18.5 Å². The van der Waals surface area contributed by atoms with Crippen molar-refractivity contribution in [2.24, 2.45) is 5.10 Å². The van der Waals surface area contributed by atoms with E-state index in [0.717, 1.165) is 31.8 Å².